The van der Waals surface area contributed by atoms with Crippen LogP contribution < -0.4 is 5.32 Å². The summed E-state index contributed by atoms with van der Waals surface area (Å²) in [6.45, 7) is 0.353. The first-order valence-electron chi connectivity index (χ1n) is 5.18. The molecule has 0 saturated carbocycles. The lowest BCUT2D eigenvalue weighted by molar-refractivity contribution is -0.380. The number of hydrogen-bond acceptors (Lipinski definition) is 5. The van der Waals surface area contributed by atoms with Gasteiger partial charge in [-0.25, -0.2) is 0 Å². The molecule has 0 bridgehead atoms. The molecule has 1 aromatic rings. The van der Waals surface area contributed by atoms with Crippen LogP contribution in [0.15, 0.2) is 12.1 Å². The highest BCUT2D eigenvalue weighted by Crippen LogP contribution is 2.23. The van der Waals surface area contributed by atoms with Gasteiger partial charge in [-0.3, -0.25) is 14.9 Å². The Morgan fingerprint density at radius 3 is 2.89 bits per heavy atom. The molecule has 1 aromatic heterocycles. The van der Waals surface area contributed by atoms with Crippen molar-refractivity contribution in [2.75, 3.05) is 19.6 Å². The molecule has 1 heterocycles. The summed E-state index contributed by atoms with van der Waals surface area (Å²) >= 11 is 6.46. The predicted molar refractivity (Wildman–Crippen MR) is 69.4 cm³/mol. The van der Waals surface area contributed by atoms with Gasteiger partial charge < -0.3 is 10.1 Å². The molecule has 0 aromatic carbocycles. The summed E-state index contributed by atoms with van der Waals surface area (Å²) in [4.78, 5) is 22.1. The molecule has 0 aliphatic heterocycles. The lowest BCUT2D eigenvalue weighted by atomic mass is 10.2. The summed E-state index contributed by atoms with van der Waals surface area (Å²) in [5.41, 5.74) is 0. The van der Waals surface area contributed by atoms with E-state index in [2.05, 4.69) is 5.32 Å². The maximum atomic E-state index is 11.8. The number of halogens is 1. The van der Waals surface area contributed by atoms with Crippen molar-refractivity contribution in [2.24, 2.45) is 0 Å². The lowest BCUT2D eigenvalue weighted by Gasteiger charge is -2.15. The minimum Gasteiger partial charge on any atom is -0.383 e. The van der Waals surface area contributed by atoms with Crippen molar-refractivity contribution in [2.45, 2.75) is 12.5 Å². The number of methoxy groups -OCH3 is 1. The predicted octanol–water partition coefficient (Wildman–Crippen LogP) is 2.03. The van der Waals surface area contributed by atoms with E-state index in [9.17, 15) is 14.9 Å². The fourth-order valence-electron chi connectivity index (χ4n) is 1.33. The van der Waals surface area contributed by atoms with E-state index in [1.807, 2.05) is 0 Å². The Morgan fingerprint density at radius 2 is 2.39 bits per heavy atom. The van der Waals surface area contributed by atoms with E-state index in [1.54, 1.807) is 0 Å². The van der Waals surface area contributed by atoms with E-state index in [0.717, 1.165) is 11.3 Å². The van der Waals surface area contributed by atoms with Crippen molar-refractivity contribution >= 4 is 33.8 Å². The number of hydrogen-bond donors (Lipinski definition) is 1. The maximum Gasteiger partial charge on any atom is 0.324 e. The van der Waals surface area contributed by atoms with Gasteiger partial charge in [0.15, 0.2) is 0 Å². The topological polar surface area (TPSA) is 81.5 Å². The van der Waals surface area contributed by atoms with Crippen molar-refractivity contribution in [3.8, 4) is 0 Å². The third-order valence-corrected chi connectivity index (χ3v) is 3.41. The van der Waals surface area contributed by atoms with Crippen molar-refractivity contribution in [1.82, 2.24) is 5.32 Å². The van der Waals surface area contributed by atoms with Crippen molar-refractivity contribution in [3.05, 3.63) is 27.1 Å². The molecule has 1 unspecified atom stereocenters. The first-order chi connectivity index (χ1) is 8.58. The Hall–Kier alpha value is -1.18. The largest absolute Gasteiger partial charge is 0.383 e. The zero-order valence-corrected chi connectivity index (χ0v) is 11.3. The van der Waals surface area contributed by atoms with Gasteiger partial charge >= 0.3 is 5.00 Å². The SMILES string of the molecule is COCC(CCCl)NC(=O)c1ccc([N+](=O)[O-])s1. The lowest BCUT2D eigenvalue weighted by Crippen LogP contribution is -2.38. The fraction of sp³-hybridized carbons (Fsp3) is 0.500. The smallest absolute Gasteiger partial charge is 0.324 e. The number of nitro groups is 1. The van der Waals surface area contributed by atoms with Gasteiger partial charge in [-0.2, -0.15) is 0 Å². The number of nitrogens with zero attached hydrogens (tertiary/aromatic N) is 1. The number of alkyl halides is 1. The van der Waals surface area contributed by atoms with Gasteiger partial charge in [0, 0.05) is 19.1 Å². The van der Waals surface area contributed by atoms with E-state index in [0.29, 0.717) is 23.8 Å². The molecule has 0 spiro atoms. The minimum atomic E-state index is -0.521. The van der Waals surface area contributed by atoms with Crippen LogP contribution in [0.3, 0.4) is 0 Å². The highest BCUT2D eigenvalue weighted by Gasteiger charge is 2.18. The van der Waals surface area contributed by atoms with Gasteiger partial charge in [-0.05, 0) is 12.5 Å². The summed E-state index contributed by atoms with van der Waals surface area (Å²) in [5, 5.41) is 13.2. The average molecular weight is 293 g/mol. The zero-order valence-electron chi connectivity index (χ0n) is 9.72. The number of rotatable bonds is 7. The molecule has 0 fully saturated rings. The van der Waals surface area contributed by atoms with Gasteiger partial charge in [0.1, 0.15) is 0 Å². The van der Waals surface area contributed by atoms with Crippen LogP contribution in [0.1, 0.15) is 16.1 Å². The second kappa shape index (κ2) is 7.30. The first kappa shape index (κ1) is 14.9. The summed E-state index contributed by atoms with van der Waals surface area (Å²) < 4.78 is 4.96. The molecule has 18 heavy (non-hydrogen) atoms. The second-order valence-corrected chi connectivity index (χ2v) is 4.94. The van der Waals surface area contributed by atoms with Crippen molar-refractivity contribution < 1.29 is 14.5 Å². The summed E-state index contributed by atoms with van der Waals surface area (Å²) in [5.74, 6) is 0.0547. The van der Waals surface area contributed by atoms with Crippen LogP contribution in [0, 0.1) is 10.1 Å². The molecular weight excluding hydrogens is 280 g/mol. The molecule has 1 rings (SSSR count). The number of thiophene rings is 1. The molecule has 1 N–H and O–H groups in total. The van der Waals surface area contributed by atoms with Crippen LogP contribution in [-0.2, 0) is 4.74 Å². The highest BCUT2D eigenvalue weighted by atomic mass is 35.5. The van der Waals surface area contributed by atoms with E-state index in [1.165, 1.54) is 19.2 Å². The van der Waals surface area contributed by atoms with E-state index in [4.69, 9.17) is 16.3 Å². The number of amides is 1. The van der Waals surface area contributed by atoms with Crippen LogP contribution in [0.4, 0.5) is 5.00 Å². The van der Waals surface area contributed by atoms with Crippen LogP contribution in [0.2, 0.25) is 0 Å². The number of carbonyl (C=O) groups is 1. The molecule has 1 atom stereocenters. The third kappa shape index (κ3) is 4.25. The Balaban J connectivity index is 2.64. The summed E-state index contributed by atoms with van der Waals surface area (Å²) in [6.07, 6.45) is 0.578. The highest BCUT2D eigenvalue weighted by molar-refractivity contribution is 7.17. The number of carbonyl (C=O) groups excluding carboxylic acids is 1. The van der Waals surface area contributed by atoms with Gasteiger partial charge in [-0.1, -0.05) is 11.3 Å². The average Bonchev–Trinajstić information content (AvgIpc) is 2.79. The number of ether oxygens (including phenoxy) is 1. The van der Waals surface area contributed by atoms with Gasteiger partial charge in [-0.15, -0.1) is 11.6 Å². The maximum absolute atomic E-state index is 11.8. The second-order valence-electron chi connectivity index (χ2n) is 3.50. The van der Waals surface area contributed by atoms with Crippen molar-refractivity contribution in [1.29, 1.82) is 0 Å². The zero-order chi connectivity index (χ0) is 13.5. The molecule has 8 heteroatoms. The molecule has 100 valence electrons. The first-order valence-corrected chi connectivity index (χ1v) is 6.53. The standard InChI is InChI=1S/C10H13ClN2O4S/c1-17-6-7(4-5-11)12-10(14)8-2-3-9(18-8)13(15)16/h2-3,7H,4-6H2,1H3,(H,12,14). The molecule has 0 radical (unpaired) electrons. The van der Waals surface area contributed by atoms with Crippen LogP contribution in [0.5, 0.6) is 0 Å². The van der Waals surface area contributed by atoms with E-state index < -0.39 is 4.92 Å². The number of nitrogens with one attached hydrogen (secondary N) is 1. The molecule has 0 saturated heterocycles. The summed E-state index contributed by atoms with van der Waals surface area (Å²) in [7, 11) is 1.53. The third-order valence-electron chi connectivity index (χ3n) is 2.16. The molecule has 0 aliphatic rings. The van der Waals surface area contributed by atoms with Crippen LogP contribution in [-0.4, -0.2) is 36.5 Å². The molecule has 1 amide bonds. The fourth-order valence-corrected chi connectivity index (χ4v) is 2.32. The van der Waals surface area contributed by atoms with Gasteiger partial charge in [0.25, 0.3) is 5.91 Å². The molecular formula is C10H13ClN2O4S. The monoisotopic (exact) mass is 292 g/mol. The Kier molecular flexibility index (Phi) is 6.03. The van der Waals surface area contributed by atoms with Crippen LogP contribution in [0.25, 0.3) is 0 Å². The van der Waals surface area contributed by atoms with E-state index in [-0.39, 0.29) is 17.0 Å². The van der Waals surface area contributed by atoms with E-state index >= 15 is 0 Å². The Labute approximate surface area is 113 Å². The molecule has 6 nitrogen and oxygen atoms in total. The van der Waals surface area contributed by atoms with Crippen molar-refractivity contribution in [3.63, 3.8) is 0 Å². The Bertz CT molecular complexity index is 418. The summed E-state index contributed by atoms with van der Waals surface area (Å²) in [6, 6.07) is 2.55. The quantitative estimate of drug-likeness (QED) is 0.473. The normalized spacial score (nSPS) is 12.1. The Morgan fingerprint density at radius 1 is 1.67 bits per heavy atom. The minimum absolute atomic E-state index is 0.0548. The van der Waals surface area contributed by atoms with Gasteiger partial charge in [0.05, 0.1) is 22.4 Å². The van der Waals surface area contributed by atoms with Crippen LogP contribution >= 0.6 is 22.9 Å². The van der Waals surface area contributed by atoms with Gasteiger partial charge in [0.2, 0.25) is 0 Å². The molecule has 0 aliphatic carbocycles.